The highest BCUT2D eigenvalue weighted by Crippen LogP contribution is 2.35. The molecule has 6 rings (SSSR count). The normalized spacial score (nSPS) is 16.3. The fourth-order valence-electron chi connectivity index (χ4n) is 5.78. The highest BCUT2D eigenvalue weighted by Gasteiger charge is 2.25. The number of likely N-dealkylation sites (tertiary alicyclic amines) is 1. The van der Waals surface area contributed by atoms with Crippen molar-refractivity contribution in [1.82, 2.24) is 24.2 Å². The van der Waals surface area contributed by atoms with E-state index in [1.807, 2.05) is 17.3 Å². The molecule has 5 heterocycles. The van der Waals surface area contributed by atoms with Gasteiger partial charge in [0.25, 0.3) is 0 Å². The number of pyridine rings is 1. The maximum Gasteiger partial charge on any atom is 0.236 e. The summed E-state index contributed by atoms with van der Waals surface area (Å²) in [5, 5.41) is 2.87. The summed E-state index contributed by atoms with van der Waals surface area (Å²) in [5.41, 5.74) is 5.99. The summed E-state index contributed by atoms with van der Waals surface area (Å²) in [5.74, 6) is 1.03. The van der Waals surface area contributed by atoms with Gasteiger partial charge in [-0.3, -0.25) is 14.1 Å². The van der Waals surface area contributed by atoms with Crippen LogP contribution in [0.5, 0.6) is 0 Å². The number of fused-ring (bicyclic) bond motifs is 1. The number of anilines is 3. The first-order valence-electron chi connectivity index (χ1n) is 14.1. The van der Waals surface area contributed by atoms with E-state index < -0.39 is 0 Å². The molecule has 210 valence electrons. The molecule has 40 heavy (non-hydrogen) atoms. The Balaban J connectivity index is 1.23. The molecule has 3 aromatic heterocycles. The molecule has 10 heteroatoms. The highest BCUT2D eigenvalue weighted by molar-refractivity contribution is 7.14. The topological polar surface area (TPSA) is 60.2 Å². The zero-order valence-electron chi connectivity index (χ0n) is 23.4. The van der Waals surface area contributed by atoms with Gasteiger partial charge in [0, 0.05) is 63.5 Å². The maximum absolute atomic E-state index is 13.4. The molecule has 0 aliphatic carbocycles. The van der Waals surface area contributed by atoms with Crippen LogP contribution in [0.3, 0.4) is 0 Å². The van der Waals surface area contributed by atoms with Crippen LogP contribution in [0, 0.1) is 12.7 Å². The second-order valence-electron chi connectivity index (χ2n) is 10.7. The van der Waals surface area contributed by atoms with Gasteiger partial charge in [-0.15, -0.1) is 11.3 Å². The number of carbonyl (C=O) groups excluding carboxylic acids is 1. The van der Waals surface area contributed by atoms with Crippen LogP contribution >= 0.6 is 11.3 Å². The summed E-state index contributed by atoms with van der Waals surface area (Å²) < 4.78 is 15.6. The molecule has 0 N–H and O–H groups in total. The molecule has 0 saturated carbocycles. The van der Waals surface area contributed by atoms with Gasteiger partial charge in [0.15, 0.2) is 5.13 Å². The van der Waals surface area contributed by atoms with Crippen molar-refractivity contribution in [3.05, 3.63) is 59.0 Å². The number of hydrogen-bond donors (Lipinski definition) is 0. The van der Waals surface area contributed by atoms with Gasteiger partial charge < -0.3 is 14.7 Å². The van der Waals surface area contributed by atoms with Crippen LogP contribution in [-0.4, -0.2) is 82.9 Å². The van der Waals surface area contributed by atoms with Gasteiger partial charge in [0.1, 0.15) is 17.3 Å². The number of hydrogen-bond acceptors (Lipinski definition) is 7. The summed E-state index contributed by atoms with van der Waals surface area (Å²) in [6.45, 7) is 10.1. The van der Waals surface area contributed by atoms with E-state index in [1.165, 1.54) is 12.1 Å². The number of aromatic nitrogens is 3. The van der Waals surface area contributed by atoms with Gasteiger partial charge in [-0.25, -0.2) is 14.4 Å². The molecule has 8 nitrogen and oxygen atoms in total. The average molecular weight is 562 g/mol. The van der Waals surface area contributed by atoms with Crippen LogP contribution in [0.4, 0.5) is 21.0 Å². The van der Waals surface area contributed by atoms with Crippen LogP contribution in [-0.2, 0) is 11.2 Å². The predicted molar refractivity (Wildman–Crippen MR) is 159 cm³/mol. The minimum absolute atomic E-state index is 0.252. The highest BCUT2D eigenvalue weighted by atomic mass is 32.1. The third-order valence-corrected chi connectivity index (χ3v) is 8.98. The van der Waals surface area contributed by atoms with Gasteiger partial charge in [0.05, 0.1) is 23.6 Å². The summed E-state index contributed by atoms with van der Waals surface area (Å²) in [6, 6.07) is 8.68. The third-order valence-electron chi connectivity index (χ3n) is 8.06. The summed E-state index contributed by atoms with van der Waals surface area (Å²) in [7, 11) is 2.04. The monoisotopic (exact) mass is 561 g/mol. The lowest BCUT2D eigenvalue weighted by Crippen LogP contribution is -2.50. The van der Waals surface area contributed by atoms with Crippen LogP contribution in [0.15, 0.2) is 41.9 Å². The molecule has 0 bridgehead atoms. The van der Waals surface area contributed by atoms with E-state index in [1.54, 1.807) is 23.5 Å². The minimum atomic E-state index is -0.252. The number of thiazole rings is 1. The summed E-state index contributed by atoms with van der Waals surface area (Å²) >= 11 is 1.57. The second kappa shape index (κ2) is 11.2. The molecule has 0 atom stereocenters. The summed E-state index contributed by atoms with van der Waals surface area (Å²) in [4.78, 5) is 31.3. The van der Waals surface area contributed by atoms with Crippen molar-refractivity contribution in [3.8, 4) is 11.3 Å². The lowest BCUT2D eigenvalue weighted by atomic mass is 10.2. The van der Waals surface area contributed by atoms with Crippen molar-refractivity contribution in [2.45, 2.75) is 33.1 Å². The molecule has 2 aliphatic heterocycles. The van der Waals surface area contributed by atoms with E-state index in [-0.39, 0.29) is 11.7 Å². The Morgan fingerprint density at radius 3 is 2.48 bits per heavy atom. The van der Waals surface area contributed by atoms with Gasteiger partial charge in [0.2, 0.25) is 5.91 Å². The molecule has 0 unspecified atom stereocenters. The van der Waals surface area contributed by atoms with Gasteiger partial charge in [-0.05, 0) is 62.1 Å². The molecule has 4 aromatic rings. The Kier molecular flexibility index (Phi) is 7.46. The zero-order valence-corrected chi connectivity index (χ0v) is 24.3. The van der Waals surface area contributed by atoms with Crippen molar-refractivity contribution in [3.63, 3.8) is 0 Å². The molecule has 1 aromatic carbocycles. The third kappa shape index (κ3) is 5.17. The fourth-order valence-corrected chi connectivity index (χ4v) is 6.58. The number of benzene rings is 1. The van der Waals surface area contributed by atoms with E-state index in [4.69, 9.17) is 9.97 Å². The standard InChI is InChI=1S/C30H36FN7OS/c1-4-25-29(34(3)30-33-26(20-40-30)22-7-9-23(31)10-8-22)38-18-24(17-21(2)28(38)32-25)36-15-13-35(14-16-36)19-27(39)37-11-5-6-12-37/h7-10,17-18,20H,4-6,11-16,19H2,1-3H3. The van der Waals surface area contributed by atoms with Crippen molar-refractivity contribution < 1.29 is 9.18 Å². The lowest BCUT2D eigenvalue weighted by Gasteiger charge is -2.36. The maximum atomic E-state index is 13.4. The molecule has 2 saturated heterocycles. The van der Waals surface area contributed by atoms with E-state index in [9.17, 15) is 9.18 Å². The van der Waals surface area contributed by atoms with E-state index >= 15 is 0 Å². The smallest absolute Gasteiger partial charge is 0.236 e. The number of aryl methyl sites for hydroxylation is 2. The van der Waals surface area contributed by atoms with Crippen molar-refractivity contribution in [2.75, 3.05) is 62.7 Å². The molecule has 2 aliphatic rings. The number of imidazole rings is 1. The van der Waals surface area contributed by atoms with Gasteiger partial charge >= 0.3 is 0 Å². The zero-order chi connectivity index (χ0) is 27.8. The lowest BCUT2D eigenvalue weighted by molar-refractivity contribution is -0.131. The Hall–Kier alpha value is -3.50. The molecule has 0 spiro atoms. The number of halogens is 1. The van der Waals surface area contributed by atoms with Gasteiger partial charge in [-0.2, -0.15) is 0 Å². The Labute approximate surface area is 238 Å². The van der Waals surface area contributed by atoms with Crippen molar-refractivity contribution in [1.29, 1.82) is 0 Å². The van der Waals surface area contributed by atoms with E-state index in [2.05, 4.69) is 45.2 Å². The Morgan fingerprint density at radius 2 is 1.77 bits per heavy atom. The Bertz CT molecular complexity index is 1500. The average Bonchev–Trinajstić information content (AvgIpc) is 3.74. The van der Waals surface area contributed by atoms with Crippen molar-refractivity contribution >= 4 is 39.5 Å². The minimum Gasteiger partial charge on any atom is -0.368 e. The number of nitrogens with zero attached hydrogens (tertiary/aromatic N) is 7. The Morgan fingerprint density at radius 1 is 1.05 bits per heavy atom. The van der Waals surface area contributed by atoms with Crippen LogP contribution in [0.1, 0.15) is 31.0 Å². The second-order valence-corrected chi connectivity index (χ2v) is 11.6. The quantitative estimate of drug-likeness (QED) is 0.317. The summed E-state index contributed by atoms with van der Waals surface area (Å²) in [6.07, 6.45) is 5.25. The number of rotatable bonds is 7. The molecule has 2 fully saturated rings. The molecule has 1 amide bonds. The molecular formula is C30H36FN7OS. The number of amides is 1. The molecule has 0 radical (unpaired) electrons. The van der Waals surface area contributed by atoms with Crippen LogP contribution in [0.2, 0.25) is 0 Å². The number of carbonyl (C=O) groups is 1. The van der Waals surface area contributed by atoms with Crippen LogP contribution < -0.4 is 9.80 Å². The first-order valence-corrected chi connectivity index (χ1v) is 15.0. The SMILES string of the molecule is CCc1nc2c(C)cc(N3CCN(CC(=O)N4CCCC4)CC3)cn2c1N(C)c1nc(-c2ccc(F)cc2)cs1. The largest absolute Gasteiger partial charge is 0.368 e. The van der Waals surface area contributed by atoms with Crippen molar-refractivity contribution in [2.24, 2.45) is 0 Å². The molecular weight excluding hydrogens is 525 g/mol. The van der Waals surface area contributed by atoms with Gasteiger partial charge in [-0.1, -0.05) is 6.92 Å². The predicted octanol–water partition coefficient (Wildman–Crippen LogP) is 4.98. The first-order chi connectivity index (χ1) is 19.4. The fraction of sp³-hybridized carbons (Fsp3) is 0.433. The number of piperazine rings is 1. The van der Waals surface area contributed by atoms with E-state index in [0.717, 1.165) is 103 Å². The van der Waals surface area contributed by atoms with Crippen LogP contribution in [0.25, 0.3) is 16.9 Å². The van der Waals surface area contributed by atoms with E-state index in [0.29, 0.717) is 6.54 Å². The first kappa shape index (κ1) is 26.7.